The van der Waals surface area contributed by atoms with Crippen LogP contribution in [-0.2, 0) is 14.8 Å². The minimum atomic E-state index is -4.89. The highest BCUT2D eigenvalue weighted by Gasteiger charge is 2.31. The van der Waals surface area contributed by atoms with Gasteiger partial charge in [-0.1, -0.05) is 0 Å². The zero-order chi connectivity index (χ0) is 26.9. The molecular formula is C24H21F3N4O5S2. The van der Waals surface area contributed by atoms with Crippen molar-refractivity contribution in [2.45, 2.75) is 30.2 Å². The average molecular weight is 567 g/mol. The third-order valence-corrected chi connectivity index (χ3v) is 7.90. The van der Waals surface area contributed by atoms with Gasteiger partial charge in [-0.05, 0) is 65.6 Å². The fourth-order valence-corrected chi connectivity index (χ4v) is 5.82. The number of H-pyrrole nitrogens is 1. The monoisotopic (exact) mass is 566 g/mol. The second kappa shape index (κ2) is 10.3. The molecule has 1 atom stereocenters. The predicted octanol–water partition coefficient (Wildman–Crippen LogP) is 4.90. The molecule has 1 aliphatic heterocycles. The van der Waals surface area contributed by atoms with Gasteiger partial charge in [0.05, 0.1) is 22.9 Å². The van der Waals surface area contributed by atoms with Gasteiger partial charge in [-0.25, -0.2) is 13.4 Å². The molecule has 0 radical (unpaired) electrons. The van der Waals surface area contributed by atoms with Gasteiger partial charge in [-0.3, -0.25) is 9.52 Å². The molecule has 9 nitrogen and oxygen atoms in total. The Bertz CT molecular complexity index is 1550. The van der Waals surface area contributed by atoms with Gasteiger partial charge >= 0.3 is 6.36 Å². The molecular weight excluding hydrogens is 545 g/mol. The number of thiophene rings is 1. The van der Waals surface area contributed by atoms with Crippen molar-refractivity contribution in [2.75, 3.05) is 17.9 Å². The number of hydrogen-bond donors (Lipinski definition) is 3. The smallest absolute Gasteiger partial charge is 0.406 e. The van der Waals surface area contributed by atoms with Crippen molar-refractivity contribution in [1.29, 1.82) is 0 Å². The summed E-state index contributed by atoms with van der Waals surface area (Å²) in [7, 11) is -4.16. The largest absolute Gasteiger partial charge is 0.573 e. The van der Waals surface area contributed by atoms with E-state index in [1.54, 1.807) is 6.07 Å². The number of benzene rings is 1. The Morgan fingerprint density at radius 2 is 2.03 bits per heavy atom. The average Bonchev–Trinajstić information content (AvgIpc) is 3.62. The van der Waals surface area contributed by atoms with Crippen molar-refractivity contribution in [2.24, 2.45) is 0 Å². The summed E-state index contributed by atoms with van der Waals surface area (Å²) in [5.41, 5.74) is 2.09. The number of hydrogen-bond acceptors (Lipinski definition) is 7. The molecule has 4 aromatic rings. The molecule has 1 saturated heterocycles. The van der Waals surface area contributed by atoms with E-state index in [4.69, 9.17) is 4.74 Å². The molecule has 1 amide bonds. The quantitative estimate of drug-likeness (QED) is 0.279. The number of fused-ring (bicyclic) bond motifs is 1. The van der Waals surface area contributed by atoms with Crippen LogP contribution >= 0.6 is 11.3 Å². The number of rotatable bonds is 8. The Morgan fingerprint density at radius 1 is 1.24 bits per heavy atom. The number of ether oxygens (including phenoxy) is 2. The Morgan fingerprint density at radius 3 is 2.68 bits per heavy atom. The Labute approximate surface area is 219 Å². The molecule has 1 aliphatic rings. The number of aromatic amines is 1. The third-order valence-electron chi connectivity index (χ3n) is 5.82. The number of amides is 1. The van der Waals surface area contributed by atoms with Crippen molar-refractivity contribution in [3.63, 3.8) is 0 Å². The van der Waals surface area contributed by atoms with Gasteiger partial charge in [0, 0.05) is 24.1 Å². The zero-order valence-electron chi connectivity index (χ0n) is 19.5. The number of nitrogens with zero attached hydrogens (tertiary/aromatic N) is 1. The molecule has 1 aromatic carbocycles. The lowest BCUT2D eigenvalue weighted by Crippen LogP contribution is -2.32. The summed E-state index contributed by atoms with van der Waals surface area (Å²) in [4.78, 5) is 20.1. The molecule has 0 bridgehead atoms. The molecule has 3 N–H and O–H groups in total. The maximum atomic E-state index is 13.1. The van der Waals surface area contributed by atoms with Crippen LogP contribution in [0.3, 0.4) is 0 Å². The first-order chi connectivity index (χ1) is 18.1. The normalized spacial score (nSPS) is 16.0. The number of carbonyl (C=O) groups excluding carboxylic acids is 1. The predicted molar refractivity (Wildman–Crippen MR) is 135 cm³/mol. The second-order valence-corrected chi connectivity index (χ2v) is 10.9. The van der Waals surface area contributed by atoms with E-state index >= 15 is 0 Å². The second-order valence-electron chi connectivity index (χ2n) is 8.48. The van der Waals surface area contributed by atoms with Crippen LogP contribution in [0.1, 0.15) is 23.3 Å². The SMILES string of the molecule is O=C(NCC1CCCO1)c1[nH]c2ncc(NS(=O)(=O)c3ccc(OC(F)(F)F)cc3)cc2c1-c1ccsc1. The molecule has 1 unspecified atom stereocenters. The highest BCUT2D eigenvalue weighted by molar-refractivity contribution is 7.92. The van der Waals surface area contributed by atoms with Crippen LogP contribution in [0.15, 0.2) is 58.3 Å². The number of nitrogens with one attached hydrogen (secondary N) is 3. The fourth-order valence-electron chi connectivity index (χ4n) is 4.14. The summed E-state index contributed by atoms with van der Waals surface area (Å²) in [6.07, 6.45) is -1.84. The summed E-state index contributed by atoms with van der Waals surface area (Å²) in [6.45, 7) is 1.03. The van der Waals surface area contributed by atoms with Gasteiger partial charge in [-0.2, -0.15) is 11.3 Å². The number of aromatic nitrogens is 2. The van der Waals surface area contributed by atoms with Crippen molar-refractivity contribution >= 4 is 44.0 Å². The van der Waals surface area contributed by atoms with E-state index in [2.05, 4.69) is 24.7 Å². The molecule has 5 rings (SSSR count). The Balaban J connectivity index is 1.43. The summed E-state index contributed by atoms with van der Waals surface area (Å²) < 4.78 is 74.7. The maximum Gasteiger partial charge on any atom is 0.573 e. The zero-order valence-corrected chi connectivity index (χ0v) is 21.2. The maximum absolute atomic E-state index is 13.1. The minimum absolute atomic E-state index is 0.0406. The Hall–Kier alpha value is -3.62. The van der Waals surface area contributed by atoms with E-state index in [1.165, 1.54) is 17.5 Å². The number of alkyl halides is 3. The first kappa shape index (κ1) is 26.0. The summed E-state index contributed by atoms with van der Waals surface area (Å²) in [5.74, 6) is -0.888. The summed E-state index contributed by atoms with van der Waals surface area (Å²) >= 11 is 1.44. The van der Waals surface area contributed by atoms with Crippen LogP contribution in [0.5, 0.6) is 5.75 Å². The van der Waals surface area contributed by atoms with E-state index in [1.807, 2.05) is 16.8 Å². The van der Waals surface area contributed by atoms with E-state index in [0.717, 1.165) is 42.7 Å². The molecule has 4 heterocycles. The molecule has 14 heteroatoms. The van der Waals surface area contributed by atoms with Crippen LogP contribution in [0.25, 0.3) is 22.2 Å². The van der Waals surface area contributed by atoms with Crippen molar-refractivity contribution in [3.05, 3.63) is 59.0 Å². The first-order valence-corrected chi connectivity index (χ1v) is 13.8. The van der Waals surface area contributed by atoms with E-state index < -0.39 is 22.1 Å². The van der Waals surface area contributed by atoms with E-state index in [-0.39, 0.29) is 28.3 Å². The fraction of sp³-hybridized carbons (Fsp3) is 0.250. The van der Waals surface area contributed by atoms with Gasteiger partial charge in [0.25, 0.3) is 15.9 Å². The topological polar surface area (TPSA) is 122 Å². The summed E-state index contributed by atoms with van der Waals surface area (Å²) in [5, 5.41) is 7.12. The van der Waals surface area contributed by atoms with E-state index in [0.29, 0.717) is 29.7 Å². The van der Waals surface area contributed by atoms with Crippen LogP contribution in [0, 0.1) is 0 Å². The molecule has 38 heavy (non-hydrogen) atoms. The lowest BCUT2D eigenvalue weighted by molar-refractivity contribution is -0.274. The van der Waals surface area contributed by atoms with Crippen LogP contribution < -0.4 is 14.8 Å². The first-order valence-electron chi connectivity index (χ1n) is 11.4. The van der Waals surface area contributed by atoms with Crippen molar-refractivity contribution in [1.82, 2.24) is 15.3 Å². The molecule has 1 fully saturated rings. The van der Waals surface area contributed by atoms with E-state index in [9.17, 15) is 26.4 Å². The van der Waals surface area contributed by atoms with Crippen LogP contribution in [0.2, 0.25) is 0 Å². The van der Waals surface area contributed by atoms with Gasteiger partial charge in [-0.15, -0.1) is 13.2 Å². The number of halogens is 3. The van der Waals surface area contributed by atoms with Gasteiger partial charge in [0.1, 0.15) is 17.1 Å². The molecule has 200 valence electrons. The lowest BCUT2D eigenvalue weighted by atomic mass is 10.1. The van der Waals surface area contributed by atoms with Gasteiger partial charge in [0.15, 0.2) is 0 Å². The Kier molecular flexibility index (Phi) is 7.03. The van der Waals surface area contributed by atoms with Crippen molar-refractivity contribution in [3.8, 4) is 16.9 Å². The van der Waals surface area contributed by atoms with Gasteiger partial charge < -0.3 is 19.8 Å². The summed E-state index contributed by atoms with van der Waals surface area (Å²) in [6, 6.07) is 7.20. The molecule has 0 saturated carbocycles. The number of sulfonamides is 1. The van der Waals surface area contributed by atoms with Crippen molar-refractivity contribution < 1.29 is 35.9 Å². The highest BCUT2D eigenvalue weighted by atomic mass is 32.2. The highest BCUT2D eigenvalue weighted by Crippen LogP contribution is 2.35. The lowest BCUT2D eigenvalue weighted by Gasteiger charge is -2.11. The standard InChI is InChI=1S/C24H21F3N4O5S2/c25-24(26,27)36-16-3-5-18(6-4-16)38(33,34)31-15-10-19-20(14-7-9-37-13-14)21(30-22(19)28-11-15)23(32)29-12-17-2-1-8-35-17/h3-7,9-11,13,17,31H,1-2,8,12H2,(H,28,30)(H,29,32). The number of pyridine rings is 1. The number of carbonyl (C=O) groups is 1. The third kappa shape index (κ3) is 5.76. The van der Waals surface area contributed by atoms with Crippen LogP contribution in [-0.4, -0.2) is 49.9 Å². The molecule has 0 spiro atoms. The van der Waals surface area contributed by atoms with Gasteiger partial charge in [0.2, 0.25) is 0 Å². The van der Waals surface area contributed by atoms with Crippen LogP contribution in [0.4, 0.5) is 18.9 Å². The molecule has 3 aromatic heterocycles. The minimum Gasteiger partial charge on any atom is -0.406 e. The molecule has 0 aliphatic carbocycles. The number of anilines is 1.